The van der Waals surface area contributed by atoms with Crippen LogP contribution >= 0.6 is 11.3 Å². The Balaban J connectivity index is 2.06. The van der Waals surface area contributed by atoms with Crippen LogP contribution in [0.2, 0.25) is 0 Å². The highest BCUT2D eigenvalue weighted by atomic mass is 32.1. The van der Waals surface area contributed by atoms with Gasteiger partial charge < -0.3 is 20.1 Å². The van der Waals surface area contributed by atoms with Crippen molar-refractivity contribution < 1.29 is 19.4 Å². The van der Waals surface area contributed by atoms with Crippen molar-refractivity contribution in [2.24, 2.45) is 0 Å². The monoisotopic (exact) mass is 335 g/mol. The van der Waals surface area contributed by atoms with Crippen LogP contribution in [-0.2, 0) is 4.79 Å². The van der Waals surface area contributed by atoms with Gasteiger partial charge in [-0.15, -0.1) is 11.3 Å². The fraction of sp³-hybridized carbons (Fsp3) is 0.267. The van der Waals surface area contributed by atoms with E-state index >= 15 is 0 Å². The van der Waals surface area contributed by atoms with Crippen molar-refractivity contribution in [3.8, 4) is 5.75 Å². The van der Waals surface area contributed by atoms with E-state index in [-0.39, 0.29) is 12.2 Å². The van der Waals surface area contributed by atoms with Crippen LogP contribution < -0.4 is 10.1 Å². The van der Waals surface area contributed by atoms with Gasteiger partial charge in [0.15, 0.2) is 5.13 Å². The van der Waals surface area contributed by atoms with Gasteiger partial charge >= 0.3 is 5.97 Å². The largest absolute Gasteiger partial charge is 0.497 e. The molecule has 8 heteroatoms. The Morgan fingerprint density at radius 3 is 2.61 bits per heavy atom. The molecule has 23 heavy (non-hydrogen) atoms. The van der Waals surface area contributed by atoms with E-state index < -0.39 is 11.9 Å². The van der Waals surface area contributed by atoms with Crippen LogP contribution in [0, 0.1) is 0 Å². The molecule has 122 valence electrons. The number of aromatic nitrogens is 1. The second-order valence-electron chi connectivity index (χ2n) is 4.60. The maximum Gasteiger partial charge on any atom is 0.323 e. The first-order valence-electron chi connectivity index (χ1n) is 6.91. The van der Waals surface area contributed by atoms with Crippen LogP contribution in [0.3, 0.4) is 0 Å². The number of carbonyl (C=O) groups is 2. The number of carboxylic acid groups (broad SMARTS) is 1. The minimum absolute atomic E-state index is 0.231. The van der Waals surface area contributed by atoms with Crippen molar-refractivity contribution in [2.75, 3.05) is 25.5 Å². The Labute approximate surface area is 137 Å². The number of hydrogen-bond donors (Lipinski definition) is 2. The summed E-state index contributed by atoms with van der Waals surface area (Å²) in [5, 5.41) is 14.1. The number of methoxy groups -OCH3 is 1. The molecule has 2 aromatic rings. The number of rotatable bonds is 7. The zero-order valence-electron chi connectivity index (χ0n) is 12.8. The lowest BCUT2D eigenvalue weighted by Crippen LogP contribution is -2.35. The average molecular weight is 335 g/mol. The molecule has 0 aliphatic heterocycles. The molecule has 1 aromatic carbocycles. The average Bonchev–Trinajstić information content (AvgIpc) is 3.01. The number of hydrogen-bond acceptors (Lipinski definition) is 6. The maximum atomic E-state index is 12.2. The maximum absolute atomic E-state index is 12.2. The number of nitrogens with one attached hydrogen (secondary N) is 1. The van der Waals surface area contributed by atoms with E-state index in [1.54, 1.807) is 19.4 Å². The number of amides is 1. The van der Waals surface area contributed by atoms with E-state index in [1.807, 2.05) is 24.3 Å². The van der Waals surface area contributed by atoms with Gasteiger partial charge in [0.25, 0.3) is 5.91 Å². The molecule has 2 rings (SSSR count). The molecule has 0 saturated heterocycles. The van der Waals surface area contributed by atoms with E-state index in [1.165, 1.54) is 16.2 Å². The van der Waals surface area contributed by atoms with Gasteiger partial charge in [-0.25, -0.2) is 4.98 Å². The van der Waals surface area contributed by atoms with Gasteiger partial charge in [-0.3, -0.25) is 9.59 Å². The predicted molar refractivity (Wildman–Crippen MR) is 87.6 cm³/mol. The summed E-state index contributed by atoms with van der Waals surface area (Å²) in [5.41, 5.74) is 1.05. The first-order valence-corrected chi connectivity index (χ1v) is 7.79. The SMILES string of the molecule is CCN(CC(=O)O)C(=O)c1csc(Nc2ccc(OC)cc2)n1. The Morgan fingerprint density at radius 1 is 1.35 bits per heavy atom. The van der Waals surface area contributed by atoms with Gasteiger partial charge in [0.1, 0.15) is 18.0 Å². The Bertz CT molecular complexity index is 684. The molecule has 2 N–H and O–H groups in total. The van der Waals surface area contributed by atoms with Crippen molar-refractivity contribution >= 4 is 34.0 Å². The van der Waals surface area contributed by atoms with Gasteiger partial charge in [-0.2, -0.15) is 0 Å². The highest BCUT2D eigenvalue weighted by Gasteiger charge is 2.19. The molecule has 1 amide bonds. The van der Waals surface area contributed by atoms with Gasteiger partial charge in [-0.05, 0) is 31.2 Å². The van der Waals surface area contributed by atoms with E-state index in [0.29, 0.717) is 11.7 Å². The number of thiazole rings is 1. The molecule has 0 spiro atoms. The third-order valence-electron chi connectivity index (χ3n) is 3.06. The summed E-state index contributed by atoms with van der Waals surface area (Å²) in [7, 11) is 1.59. The topological polar surface area (TPSA) is 91.8 Å². The molecule has 0 radical (unpaired) electrons. The Morgan fingerprint density at radius 2 is 2.04 bits per heavy atom. The molecule has 1 aromatic heterocycles. The number of carboxylic acids is 1. The lowest BCUT2D eigenvalue weighted by molar-refractivity contribution is -0.137. The predicted octanol–water partition coefficient (Wildman–Crippen LogP) is 2.44. The molecular weight excluding hydrogens is 318 g/mol. The minimum atomic E-state index is -1.05. The van der Waals surface area contributed by atoms with Crippen LogP contribution in [0.5, 0.6) is 5.75 Å². The molecule has 0 atom stereocenters. The molecule has 0 unspecified atom stereocenters. The minimum Gasteiger partial charge on any atom is -0.497 e. The number of likely N-dealkylation sites (N-methyl/N-ethyl adjacent to an activating group) is 1. The number of aliphatic carboxylic acids is 1. The summed E-state index contributed by atoms with van der Waals surface area (Å²) < 4.78 is 5.09. The number of carbonyl (C=O) groups excluding carboxylic acids is 1. The molecule has 0 aliphatic rings. The molecule has 7 nitrogen and oxygen atoms in total. The summed E-state index contributed by atoms with van der Waals surface area (Å²) in [6.45, 7) is 1.70. The van der Waals surface area contributed by atoms with Crippen molar-refractivity contribution in [3.63, 3.8) is 0 Å². The standard InChI is InChI=1S/C15H17N3O4S/c1-3-18(8-13(19)20)14(21)12-9-23-15(17-12)16-10-4-6-11(22-2)7-5-10/h4-7,9H,3,8H2,1-2H3,(H,16,17)(H,19,20). The van der Waals surface area contributed by atoms with E-state index in [4.69, 9.17) is 9.84 Å². The molecular formula is C15H17N3O4S. The summed E-state index contributed by atoms with van der Waals surface area (Å²) in [4.78, 5) is 28.4. The van der Waals surface area contributed by atoms with Gasteiger partial charge in [0.05, 0.1) is 7.11 Å². The van der Waals surface area contributed by atoms with Crippen molar-refractivity contribution in [1.82, 2.24) is 9.88 Å². The molecule has 0 fully saturated rings. The fourth-order valence-corrected chi connectivity index (χ4v) is 2.58. The van der Waals surface area contributed by atoms with E-state index in [9.17, 15) is 9.59 Å². The van der Waals surface area contributed by atoms with Crippen LogP contribution in [0.4, 0.5) is 10.8 Å². The summed E-state index contributed by atoms with van der Waals surface area (Å²) >= 11 is 1.28. The first kappa shape index (κ1) is 16.8. The zero-order chi connectivity index (χ0) is 16.8. The Kier molecular flexibility index (Phi) is 5.53. The number of nitrogens with zero attached hydrogens (tertiary/aromatic N) is 2. The second kappa shape index (κ2) is 7.59. The summed E-state index contributed by atoms with van der Waals surface area (Å²) in [5.74, 6) is -0.696. The third kappa shape index (κ3) is 4.43. The van der Waals surface area contributed by atoms with Crippen LogP contribution in [0.1, 0.15) is 17.4 Å². The molecule has 0 bridgehead atoms. The fourth-order valence-electron chi connectivity index (χ4n) is 1.88. The normalized spacial score (nSPS) is 10.2. The smallest absolute Gasteiger partial charge is 0.323 e. The number of benzene rings is 1. The van der Waals surface area contributed by atoms with E-state index in [2.05, 4.69) is 10.3 Å². The molecule has 1 heterocycles. The Hall–Kier alpha value is -2.61. The van der Waals surface area contributed by atoms with Crippen molar-refractivity contribution in [1.29, 1.82) is 0 Å². The van der Waals surface area contributed by atoms with E-state index in [0.717, 1.165) is 11.4 Å². The van der Waals surface area contributed by atoms with Crippen molar-refractivity contribution in [2.45, 2.75) is 6.92 Å². The van der Waals surface area contributed by atoms with Crippen LogP contribution in [-0.4, -0.2) is 47.1 Å². The highest BCUT2D eigenvalue weighted by Crippen LogP contribution is 2.23. The number of anilines is 2. The lowest BCUT2D eigenvalue weighted by atomic mass is 10.3. The zero-order valence-corrected chi connectivity index (χ0v) is 13.6. The van der Waals surface area contributed by atoms with Crippen LogP contribution in [0.25, 0.3) is 0 Å². The van der Waals surface area contributed by atoms with Crippen LogP contribution in [0.15, 0.2) is 29.6 Å². The molecule has 0 saturated carbocycles. The van der Waals surface area contributed by atoms with Gasteiger partial charge in [0, 0.05) is 17.6 Å². The lowest BCUT2D eigenvalue weighted by Gasteiger charge is -2.16. The van der Waals surface area contributed by atoms with Gasteiger partial charge in [0.2, 0.25) is 0 Å². The van der Waals surface area contributed by atoms with Gasteiger partial charge in [-0.1, -0.05) is 0 Å². The van der Waals surface area contributed by atoms with Crippen molar-refractivity contribution in [3.05, 3.63) is 35.3 Å². The quantitative estimate of drug-likeness (QED) is 0.807. The third-order valence-corrected chi connectivity index (χ3v) is 3.82. The number of ether oxygens (including phenoxy) is 1. The first-order chi connectivity index (χ1) is 11.0. The summed E-state index contributed by atoms with van der Waals surface area (Å²) in [6, 6.07) is 7.30. The molecule has 0 aliphatic carbocycles. The summed E-state index contributed by atoms with van der Waals surface area (Å²) in [6.07, 6.45) is 0. The highest BCUT2D eigenvalue weighted by molar-refractivity contribution is 7.14. The second-order valence-corrected chi connectivity index (χ2v) is 5.46.